The Morgan fingerprint density at radius 2 is 2.53 bits per heavy atom. The minimum atomic E-state index is -0.623. The van der Waals surface area contributed by atoms with Crippen LogP contribution in [0.3, 0.4) is 0 Å². The van der Waals surface area contributed by atoms with Crippen LogP contribution in [-0.4, -0.2) is 25.0 Å². The highest BCUT2D eigenvalue weighted by atomic mass is 16.5. The number of hydrogen-bond donors (Lipinski definition) is 0. The first kappa shape index (κ1) is 9.76. The molecule has 0 bridgehead atoms. The normalized spacial score (nSPS) is 23.8. The lowest BCUT2D eigenvalue weighted by atomic mass is 10.1. The molecule has 15 heavy (non-hydrogen) atoms. The van der Waals surface area contributed by atoms with Gasteiger partial charge in [0.1, 0.15) is 0 Å². The third-order valence-electron chi connectivity index (χ3n) is 2.12. The molecule has 5 heteroatoms. The van der Waals surface area contributed by atoms with Crippen LogP contribution in [0.15, 0.2) is 28.0 Å². The molecule has 0 fully saturated rings. The summed E-state index contributed by atoms with van der Waals surface area (Å²) in [7, 11) is 0. The number of carbonyl (C=O) groups excluding carboxylic acids is 1. The number of carbonyl (C=O) groups is 1. The molecule has 1 aliphatic rings. The first-order chi connectivity index (χ1) is 7.33. The zero-order valence-corrected chi connectivity index (χ0v) is 8.25. The van der Waals surface area contributed by atoms with Gasteiger partial charge < -0.3 is 13.9 Å². The van der Waals surface area contributed by atoms with Crippen molar-refractivity contribution in [3.8, 4) is 0 Å². The maximum absolute atomic E-state index is 11.5. The van der Waals surface area contributed by atoms with Gasteiger partial charge in [0, 0.05) is 5.56 Å². The molecule has 0 saturated heterocycles. The number of rotatable bonds is 3. The Morgan fingerprint density at radius 1 is 1.67 bits per heavy atom. The van der Waals surface area contributed by atoms with Gasteiger partial charge >= 0.3 is 5.97 Å². The van der Waals surface area contributed by atoms with Crippen molar-refractivity contribution in [2.24, 2.45) is 4.99 Å². The third-order valence-corrected chi connectivity index (χ3v) is 2.12. The van der Waals surface area contributed by atoms with Crippen LogP contribution in [0.5, 0.6) is 0 Å². The fraction of sp³-hybridized carbons (Fsp3) is 0.400. The quantitative estimate of drug-likeness (QED) is 0.704. The van der Waals surface area contributed by atoms with E-state index in [-0.39, 0.29) is 5.97 Å². The monoisotopic (exact) mass is 209 g/mol. The standard InChI is InChI=1S/C10H11NO4/c1-2-14-10(12)8-9(15-6-11-8)7-3-4-13-5-7/h3-6,8-9H,2H2,1H3/t8-,9+/m0/s1. The molecule has 2 rings (SSSR count). The van der Waals surface area contributed by atoms with Crippen molar-refractivity contribution in [3.63, 3.8) is 0 Å². The Labute approximate surface area is 86.7 Å². The van der Waals surface area contributed by atoms with Gasteiger partial charge in [-0.2, -0.15) is 0 Å². The lowest BCUT2D eigenvalue weighted by molar-refractivity contribution is -0.146. The van der Waals surface area contributed by atoms with Crippen molar-refractivity contribution in [1.29, 1.82) is 0 Å². The summed E-state index contributed by atoms with van der Waals surface area (Å²) >= 11 is 0. The fourth-order valence-corrected chi connectivity index (χ4v) is 1.43. The van der Waals surface area contributed by atoms with Gasteiger partial charge in [-0.05, 0) is 13.0 Å². The number of nitrogens with zero attached hydrogens (tertiary/aromatic N) is 1. The van der Waals surface area contributed by atoms with Gasteiger partial charge in [-0.3, -0.25) is 0 Å². The summed E-state index contributed by atoms with van der Waals surface area (Å²) in [5, 5.41) is 0. The highest BCUT2D eigenvalue weighted by Crippen LogP contribution is 2.27. The second kappa shape index (κ2) is 4.16. The predicted octanol–water partition coefficient (Wildman–Crippen LogP) is 1.31. The molecule has 0 saturated carbocycles. The second-order valence-electron chi connectivity index (χ2n) is 3.06. The molecule has 0 unspecified atom stereocenters. The van der Waals surface area contributed by atoms with E-state index >= 15 is 0 Å². The summed E-state index contributed by atoms with van der Waals surface area (Å²) < 4.78 is 15.0. The number of ether oxygens (including phenoxy) is 2. The average Bonchev–Trinajstić information content (AvgIpc) is 2.88. The molecule has 2 atom stereocenters. The van der Waals surface area contributed by atoms with Gasteiger partial charge in [0.05, 0.1) is 19.1 Å². The Morgan fingerprint density at radius 3 is 3.20 bits per heavy atom. The number of hydrogen-bond acceptors (Lipinski definition) is 5. The summed E-state index contributed by atoms with van der Waals surface area (Å²) in [6.45, 7) is 2.09. The Bertz CT molecular complexity index is 358. The summed E-state index contributed by atoms with van der Waals surface area (Å²) in [6.07, 6.45) is 3.91. The zero-order chi connectivity index (χ0) is 10.7. The molecule has 1 aromatic rings. The highest BCUT2D eigenvalue weighted by Gasteiger charge is 2.35. The number of aliphatic imine (C=N–C) groups is 1. The van der Waals surface area contributed by atoms with Gasteiger partial charge in [0.15, 0.2) is 18.5 Å². The third kappa shape index (κ3) is 1.86. The van der Waals surface area contributed by atoms with Crippen LogP contribution in [0, 0.1) is 0 Å². The van der Waals surface area contributed by atoms with Crippen LogP contribution in [0.2, 0.25) is 0 Å². The van der Waals surface area contributed by atoms with E-state index < -0.39 is 12.1 Å². The van der Waals surface area contributed by atoms with Gasteiger partial charge in [0.25, 0.3) is 0 Å². The molecule has 1 aliphatic heterocycles. The summed E-state index contributed by atoms with van der Waals surface area (Å²) in [5.41, 5.74) is 0.783. The number of esters is 1. The van der Waals surface area contributed by atoms with Crippen molar-refractivity contribution in [2.75, 3.05) is 6.61 Å². The maximum Gasteiger partial charge on any atom is 0.335 e. The van der Waals surface area contributed by atoms with Gasteiger partial charge in [-0.1, -0.05) is 0 Å². The van der Waals surface area contributed by atoms with Gasteiger partial charge in [-0.25, -0.2) is 9.79 Å². The Balaban J connectivity index is 2.11. The zero-order valence-electron chi connectivity index (χ0n) is 8.25. The van der Waals surface area contributed by atoms with E-state index in [2.05, 4.69) is 4.99 Å². The van der Waals surface area contributed by atoms with Crippen LogP contribution < -0.4 is 0 Å². The van der Waals surface area contributed by atoms with E-state index in [0.29, 0.717) is 6.61 Å². The topological polar surface area (TPSA) is 61.0 Å². The van der Waals surface area contributed by atoms with Gasteiger partial charge in [0.2, 0.25) is 0 Å². The van der Waals surface area contributed by atoms with Crippen molar-refractivity contribution in [1.82, 2.24) is 0 Å². The first-order valence-electron chi connectivity index (χ1n) is 4.68. The van der Waals surface area contributed by atoms with Crippen LogP contribution in [0.1, 0.15) is 18.6 Å². The molecule has 0 N–H and O–H groups in total. The minimum absolute atomic E-state index is 0.336. The molecule has 0 aliphatic carbocycles. The molecular weight excluding hydrogens is 198 g/mol. The van der Waals surface area contributed by atoms with Gasteiger partial charge in [-0.15, -0.1) is 0 Å². The van der Waals surface area contributed by atoms with Crippen LogP contribution in [-0.2, 0) is 14.3 Å². The van der Waals surface area contributed by atoms with E-state index in [9.17, 15) is 4.79 Å². The first-order valence-corrected chi connectivity index (χ1v) is 4.68. The van der Waals surface area contributed by atoms with Crippen LogP contribution >= 0.6 is 0 Å². The van der Waals surface area contributed by atoms with E-state index in [1.807, 2.05) is 0 Å². The molecule has 2 heterocycles. The molecule has 0 aromatic carbocycles. The SMILES string of the molecule is CCOC(=O)[C@H]1N=CO[C@@H]1c1ccoc1. The largest absolute Gasteiger partial charge is 0.473 e. The van der Waals surface area contributed by atoms with Crippen LogP contribution in [0.25, 0.3) is 0 Å². The predicted molar refractivity (Wildman–Crippen MR) is 51.4 cm³/mol. The molecule has 0 radical (unpaired) electrons. The maximum atomic E-state index is 11.5. The molecule has 80 valence electrons. The lowest BCUT2D eigenvalue weighted by Crippen LogP contribution is -2.26. The molecule has 0 amide bonds. The molecule has 1 aromatic heterocycles. The van der Waals surface area contributed by atoms with E-state index in [1.54, 1.807) is 13.0 Å². The van der Waals surface area contributed by atoms with Crippen molar-refractivity contribution in [3.05, 3.63) is 24.2 Å². The smallest absolute Gasteiger partial charge is 0.335 e. The Kier molecular flexibility index (Phi) is 2.71. The minimum Gasteiger partial charge on any atom is -0.473 e. The Hall–Kier alpha value is -1.78. The van der Waals surface area contributed by atoms with Crippen LogP contribution in [0.4, 0.5) is 0 Å². The summed E-state index contributed by atoms with van der Waals surface area (Å²) in [5.74, 6) is -0.377. The van der Waals surface area contributed by atoms with Crippen molar-refractivity contribution in [2.45, 2.75) is 19.1 Å². The molecular formula is C10H11NO4. The fourth-order valence-electron chi connectivity index (χ4n) is 1.43. The molecule has 5 nitrogen and oxygen atoms in total. The van der Waals surface area contributed by atoms with E-state index in [1.165, 1.54) is 18.9 Å². The lowest BCUT2D eigenvalue weighted by Gasteiger charge is -2.13. The van der Waals surface area contributed by atoms with E-state index in [4.69, 9.17) is 13.9 Å². The molecule has 0 spiro atoms. The number of furan rings is 1. The highest BCUT2D eigenvalue weighted by molar-refractivity contribution is 5.80. The van der Waals surface area contributed by atoms with E-state index in [0.717, 1.165) is 5.56 Å². The summed E-state index contributed by atoms with van der Waals surface area (Å²) in [4.78, 5) is 15.4. The second-order valence-corrected chi connectivity index (χ2v) is 3.06. The van der Waals surface area contributed by atoms with Crippen molar-refractivity contribution < 1.29 is 18.7 Å². The summed E-state index contributed by atoms with van der Waals surface area (Å²) in [6, 6.07) is 1.12. The average molecular weight is 209 g/mol. The van der Waals surface area contributed by atoms with Crippen molar-refractivity contribution >= 4 is 12.4 Å².